The third-order valence-electron chi connectivity index (χ3n) is 2.52. The molecular weight excluding hydrogens is 190 g/mol. The SMILES string of the molecule is CC(C)(N)c1cccc(C2OCCO2)c1. The monoisotopic (exact) mass is 207 g/mol. The lowest BCUT2D eigenvalue weighted by atomic mass is 9.94. The molecule has 15 heavy (non-hydrogen) atoms. The van der Waals surface area contributed by atoms with Gasteiger partial charge in [0, 0.05) is 11.1 Å². The van der Waals surface area contributed by atoms with Gasteiger partial charge < -0.3 is 15.2 Å². The van der Waals surface area contributed by atoms with E-state index in [0.29, 0.717) is 13.2 Å². The normalized spacial score (nSPS) is 18.3. The smallest absolute Gasteiger partial charge is 0.184 e. The van der Waals surface area contributed by atoms with Crippen molar-refractivity contribution in [1.29, 1.82) is 0 Å². The van der Waals surface area contributed by atoms with Crippen LogP contribution in [-0.2, 0) is 15.0 Å². The van der Waals surface area contributed by atoms with Crippen molar-refractivity contribution in [3.8, 4) is 0 Å². The average molecular weight is 207 g/mol. The van der Waals surface area contributed by atoms with Crippen LogP contribution in [-0.4, -0.2) is 13.2 Å². The molecule has 1 aromatic carbocycles. The van der Waals surface area contributed by atoms with Crippen LogP contribution in [0.4, 0.5) is 0 Å². The van der Waals surface area contributed by atoms with Crippen LogP contribution < -0.4 is 5.73 Å². The zero-order chi connectivity index (χ0) is 10.9. The fourth-order valence-corrected chi connectivity index (χ4v) is 1.64. The predicted molar refractivity (Wildman–Crippen MR) is 58.3 cm³/mol. The molecule has 1 heterocycles. The fraction of sp³-hybridized carbons (Fsp3) is 0.500. The Morgan fingerprint density at radius 3 is 2.53 bits per heavy atom. The number of ether oxygens (including phenoxy) is 2. The van der Waals surface area contributed by atoms with Crippen molar-refractivity contribution >= 4 is 0 Å². The minimum absolute atomic E-state index is 0.215. The molecule has 2 N–H and O–H groups in total. The van der Waals surface area contributed by atoms with Crippen LogP contribution in [0.3, 0.4) is 0 Å². The first-order chi connectivity index (χ1) is 7.07. The first-order valence-electron chi connectivity index (χ1n) is 5.20. The lowest BCUT2D eigenvalue weighted by Gasteiger charge is -2.20. The van der Waals surface area contributed by atoms with E-state index in [1.165, 1.54) is 0 Å². The van der Waals surface area contributed by atoms with E-state index in [4.69, 9.17) is 15.2 Å². The quantitative estimate of drug-likeness (QED) is 0.805. The van der Waals surface area contributed by atoms with Crippen molar-refractivity contribution in [3.05, 3.63) is 35.4 Å². The van der Waals surface area contributed by atoms with Gasteiger partial charge in [-0.1, -0.05) is 18.2 Å². The molecule has 0 radical (unpaired) electrons. The number of benzene rings is 1. The second kappa shape index (κ2) is 3.93. The fourth-order valence-electron chi connectivity index (χ4n) is 1.64. The summed E-state index contributed by atoms with van der Waals surface area (Å²) < 4.78 is 10.9. The number of hydrogen-bond donors (Lipinski definition) is 1. The van der Waals surface area contributed by atoms with Gasteiger partial charge in [-0.25, -0.2) is 0 Å². The van der Waals surface area contributed by atoms with Gasteiger partial charge in [-0.05, 0) is 25.5 Å². The molecule has 1 saturated heterocycles. The summed E-state index contributed by atoms with van der Waals surface area (Å²) in [5.41, 5.74) is 7.86. The van der Waals surface area contributed by atoms with Gasteiger partial charge in [0.15, 0.2) is 6.29 Å². The van der Waals surface area contributed by atoms with Crippen molar-refractivity contribution < 1.29 is 9.47 Å². The minimum atomic E-state index is -0.325. The van der Waals surface area contributed by atoms with Gasteiger partial charge in [-0.3, -0.25) is 0 Å². The number of hydrogen-bond acceptors (Lipinski definition) is 3. The molecule has 1 aliphatic rings. The average Bonchev–Trinajstić information content (AvgIpc) is 2.69. The summed E-state index contributed by atoms with van der Waals surface area (Å²) in [5.74, 6) is 0. The molecular formula is C12H17NO2. The minimum Gasteiger partial charge on any atom is -0.346 e. The Morgan fingerprint density at radius 2 is 1.93 bits per heavy atom. The molecule has 3 heteroatoms. The van der Waals surface area contributed by atoms with Gasteiger partial charge in [0.25, 0.3) is 0 Å². The maximum absolute atomic E-state index is 6.04. The van der Waals surface area contributed by atoms with Crippen LogP contribution in [0, 0.1) is 0 Å². The summed E-state index contributed by atoms with van der Waals surface area (Å²) in [6.07, 6.45) is -0.215. The van der Waals surface area contributed by atoms with Crippen molar-refractivity contribution in [3.63, 3.8) is 0 Å². The van der Waals surface area contributed by atoms with E-state index < -0.39 is 0 Å². The van der Waals surface area contributed by atoms with Crippen LogP contribution in [0.15, 0.2) is 24.3 Å². The Kier molecular flexibility index (Phi) is 2.78. The second-order valence-corrected chi connectivity index (χ2v) is 4.42. The summed E-state index contributed by atoms with van der Waals surface area (Å²) in [7, 11) is 0. The Balaban J connectivity index is 2.26. The maximum atomic E-state index is 6.04. The van der Waals surface area contributed by atoms with E-state index in [9.17, 15) is 0 Å². The van der Waals surface area contributed by atoms with Crippen LogP contribution in [0.25, 0.3) is 0 Å². The van der Waals surface area contributed by atoms with Crippen LogP contribution in [0.2, 0.25) is 0 Å². The Bertz CT molecular complexity index is 338. The standard InChI is InChI=1S/C12H17NO2/c1-12(2,13)10-5-3-4-9(8-10)11-14-6-7-15-11/h3-5,8,11H,6-7,13H2,1-2H3. The highest BCUT2D eigenvalue weighted by Crippen LogP contribution is 2.26. The molecule has 3 nitrogen and oxygen atoms in total. The van der Waals surface area contributed by atoms with Crippen molar-refractivity contribution in [2.45, 2.75) is 25.7 Å². The molecule has 0 aliphatic carbocycles. The van der Waals surface area contributed by atoms with E-state index >= 15 is 0 Å². The Morgan fingerprint density at radius 1 is 1.27 bits per heavy atom. The molecule has 0 unspecified atom stereocenters. The van der Waals surface area contributed by atoms with Gasteiger partial charge in [0.1, 0.15) is 0 Å². The van der Waals surface area contributed by atoms with Crippen molar-refractivity contribution in [2.75, 3.05) is 13.2 Å². The van der Waals surface area contributed by atoms with Crippen LogP contribution >= 0.6 is 0 Å². The second-order valence-electron chi connectivity index (χ2n) is 4.42. The van der Waals surface area contributed by atoms with E-state index in [1.54, 1.807) is 0 Å². The summed E-state index contributed by atoms with van der Waals surface area (Å²) in [6.45, 7) is 5.31. The topological polar surface area (TPSA) is 44.5 Å². The zero-order valence-electron chi connectivity index (χ0n) is 9.19. The molecule has 0 amide bonds. The van der Waals surface area contributed by atoms with E-state index in [2.05, 4.69) is 6.07 Å². The summed E-state index contributed by atoms with van der Waals surface area (Å²) in [6, 6.07) is 8.07. The summed E-state index contributed by atoms with van der Waals surface area (Å²) in [5, 5.41) is 0. The van der Waals surface area contributed by atoms with Crippen LogP contribution in [0.1, 0.15) is 31.3 Å². The molecule has 1 fully saturated rings. The number of nitrogens with two attached hydrogens (primary N) is 1. The van der Waals surface area contributed by atoms with E-state index in [-0.39, 0.29) is 11.8 Å². The largest absolute Gasteiger partial charge is 0.346 e. The molecule has 0 aromatic heterocycles. The lowest BCUT2D eigenvalue weighted by Crippen LogP contribution is -2.28. The highest BCUT2D eigenvalue weighted by molar-refractivity contribution is 5.29. The van der Waals surface area contributed by atoms with Gasteiger partial charge in [0.2, 0.25) is 0 Å². The third-order valence-corrected chi connectivity index (χ3v) is 2.52. The Hall–Kier alpha value is -0.900. The molecule has 0 atom stereocenters. The number of rotatable bonds is 2. The molecule has 1 aliphatic heterocycles. The zero-order valence-corrected chi connectivity index (χ0v) is 9.19. The maximum Gasteiger partial charge on any atom is 0.184 e. The van der Waals surface area contributed by atoms with Gasteiger partial charge in [-0.15, -0.1) is 0 Å². The van der Waals surface area contributed by atoms with Crippen molar-refractivity contribution in [2.24, 2.45) is 5.73 Å². The first kappa shape index (κ1) is 10.6. The van der Waals surface area contributed by atoms with Crippen molar-refractivity contribution in [1.82, 2.24) is 0 Å². The highest BCUT2D eigenvalue weighted by Gasteiger charge is 2.20. The first-order valence-corrected chi connectivity index (χ1v) is 5.20. The van der Waals surface area contributed by atoms with E-state index in [1.807, 2.05) is 32.0 Å². The van der Waals surface area contributed by atoms with Gasteiger partial charge in [-0.2, -0.15) is 0 Å². The summed E-state index contributed by atoms with van der Waals surface area (Å²) in [4.78, 5) is 0. The van der Waals surface area contributed by atoms with Gasteiger partial charge >= 0.3 is 0 Å². The highest BCUT2D eigenvalue weighted by atomic mass is 16.7. The molecule has 0 bridgehead atoms. The third kappa shape index (κ3) is 2.37. The Labute approximate surface area is 90.2 Å². The molecule has 2 rings (SSSR count). The summed E-state index contributed by atoms with van der Waals surface area (Å²) >= 11 is 0. The molecule has 0 saturated carbocycles. The van der Waals surface area contributed by atoms with Gasteiger partial charge in [0.05, 0.1) is 13.2 Å². The van der Waals surface area contributed by atoms with Crippen LogP contribution in [0.5, 0.6) is 0 Å². The van der Waals surface area contributed by atoms with E-state index in [0.717, 1.165) is 11.1 Å². The predicted octanol–water partition coefficient (Wildman–Crippen LogP) is 1.93. The molecule has 1 aromatic rings. The molecule has 0 spiro atoms. The molecule has 82 valence electrons. The lowest BCUT2D eigenvalue weighted by molar-refractivity contribution is -0.0441.